The van der Waals surface area contributed by atoms with Crippen LogP contribution in [0, 0.1) is 5.92 Å². The molecule has 1 unspecified atom stereocenters. The summed E-state index contributed by atoms with van der Waals surface area (Å²) in [5.74, 6) is -0.987. The molecular weight excluding hydrogens is 332 g/mol. The van der Waals surface area contributed by atoms with E-state index in [0.717, 1.165) is 44.1 Å². The Labute approximate surface area is 153 Å². The number of benzene rings is 1. The van der Waals surface area contributed by atoms with Gasteiger partial charge in [-0.1, -0.05) is 25.0 Å². The molecule has 2 aliphatic carbocycles. The first-order valence-corrected chi connectivity index (χ1v) is 9.39. The average Bonchev–Trinajstić information content (AvgIpc) is 3.31. The highest BCUT2D eigenvalue weighted by Gasteiger charge is 2.38. The lowest BCUT2D eigenvalue weighted by Gasteiger charge is -2.26. The molecule has 1 aromatic carbocycles. The smallest absolute Gasteiger partial charge is 0.326 e. The van der Waals surface area contributed by atoms with Gasteiger partial charge >= 0.3 is 5.97 Å². The zero-order chi connectivity index (χ0) is 18.7. The van der Waals surface area contributed by atoms with Gasteiger partial charge in [-0.25, -0.2) is 4.79 Å². The Kier molecular flexibility index (Phi) is 5.59. The Bertz CT molecular complexity index is 676. The van der Waals surface area contributed by atoms with Crippen LogP contribution in [0.1, 0.15) is 61.4 Å². The van der Waals surface area contributed by atoms with E-state index in [1.54, 1.807) is 19.1 Å². The Morgan fingerprint density at radius 3 is 2.27 bits per heavy atom. The first-order chi connectivity index (χ1) is 12.5. The number of hydrogen-bond donors (Lipinski definition) is 2. The number of nitrogens with one attached hydrogen (secondary N) is 1. The van der Waals surface area contributed by atoms with Gasteiger partial charge in [0.25, 0.3) is 5.91 Å². The summed E-state index contributed by atoms with van der Waals surface area (Å²) in [6.45, 7) is 1.99. The number of carbonyl (C=O) groups is 3. The van der Waals surface area contributed by atoms with Crippen LogP contribution in [-0.2, 0) is 16.1 Å². The zero-order valence-corrected chi connectivity index (χ0v) is 15.1. The lowest BCUT2D eigenvalue weighted by atomic mass is 10.1. The Morgan fingerprint density at radius 2 is 1.73 bits per heavy atom. The molecule has 0 radical (unpaired) electrons. The summed E-state index contributed by atoms with van der Waals surface area (Å²) < 4.78 is 0. The number of carboxylic acid groups (broad SMARTS) is 1. The highest BCUT2D eigenvalue weighted by molar-refractivity contribution is 5.97. The van der Waals surface area contributed by atoms with E-state index in [1.165, 1.54) is 4.90 Å². The monoisotopic (exact) mass is 358 g/mol. The van der Waals surface area contributed by atoms with Crippen LogP contribution in [0.25, 0.3) is 0 Å². The van der Waals surface area contributed by atoms with Crippen LogP contribution in [0.5, 0.6) is 0 Å². The van der Waals surface area contributed by atoms with Gasteiger partial charge in [0.1, 0.15) is 6.04 Å². The highest BCUT2D eigenvalue weighted by atomic mass is 16.4. The largest absolute Gasteiger partial charge is 0.480 e. The maximum absolute atomic E-state index is 12.7. The quantitative estimate of drug-likeness (QED) is 0.784. The number of hydrogen-bond acceptors (Lipinski definition) is 3. The van der Waals surface area contributed by atoms with Crippen molar-refractivity contribution < 1.29 is 19.5 Å². The van der Waals surface area contributed by atoms with Gasteiger partial charge in [-0.05, 0) is 50.3 Å². The predicted molar refractivity (Wildman–Crippen MR) is 96.5 cm³/mol. The van der Waals surface area contributed by atoms with E-state index in [-0.39, 0.29) is 23.8 Å². The minimum Gasteiger partial charge on any atom is -0.480 e. The molecule has 0 spiro atoms. The third-order valence-corrected chi connectivity index (χ3v) is 5.34. The molecule has 1 aromatic rings. The highest BCUT2D eigenvalue weighted by Crippen LogP contribution is 2.30. The molecule has 2 aliphatic rings. The van der Waals surface area contributed by atoms with Gasteiger partial charge in [0.2, 0.25) is 5.91 Å². The van der Waals surface area contributed by atoms with Crippen molar-refractivity contribution in [2.75, 3.05) is 0 Å². The number of carbonyl (C=O) groups excluding carboxylic acids is 2. The van der Waals surface area contributed by atoms with Crippen LogP contribution >= 0.6 is 0 Å². The molecule has 2 amide bonds. The fraction of sp³-hybridized carbons (Fsp3) is 0.550. The SMILES string of the molecule is CC(C(=O)O)N(C(=O)c1ccc(CNC(=O)C2CCCC2)cc1)C1CC1. The lowest BCUT2D eigenvalue weighted by Crippen LogP contribution is -2.44. The molecule has 0 bridgehead atoms. The Morgan fingerprint density at radius 1 is 1.12 bits per heavy atom. The van der Waals surface area contributed by atoms with E-state index in [1.807, 2.05) is 12.1 Å². The molecular formula is C20H26N2O4. The van der Waals surface area contributed by atoms with Crippen molar-refractivity contribution in [1.29, 1.82) is 0 Å². The van der Waals surface area contributed by atoms with E-state index in [4.69, 9.17) is 0 Å². The van der Waals surface area contributed by atoms with Crippen molar-refractivity contribution in [2.45, 2.75) is 64.1 Å². The van der Waals surface area contributed by atoms with Crippen LogP contribution < -0.4 is 5.32 Å². The molecule has 0 aliphatic heterocycles. The van der Waals surface area contributed by atoms with E-state index in [9.17, 15) is 19.5 Å². The number of rotatable bonds is 7. The van der Waals surface area contributed by atoms with Crippen molar-refractivity contribution in [3.63, 3.8) is 0 Å². The molecule has 3 rings (SSSR count). The van der Waals surface area contributed by atoms with Crippen molar-refractivity contribution in [3.05, 3.63) is 35.4 Å². The molecule has 2 saturated carbocycles. The predicted octanol–water partition coefficient (Wildman–Crippen LogP) is 2.57. The lowest BCUT2D eigenvalue weighted by molar-refractivity contribution is -0.141. The zero-order valence-electron chi connectivity index (χ0n) is 15.1. The third-order valence-electron chi connectivity index (χ3n) is 5.34. The Hall–Kier alpha value is -2.37. The van der Waals surface area contributed by atoms with Crippen molar-refractivity contribution in [1.82, 2.24) is 10.2 Å². The van der Waals surface area contributed by atoms with Crippen LogP contribution in [0.3, 0.4) is 0 Å². The van der Waals surface area contributed by atoms with Crippen LogP contribution in [0.4, 0.5) is 0 Å². The van der Waals surface area contributed by atoms with Crippen LogP contribution in [-0.4, -0.2) is 39.9 Å². The van der Waals surface area contributed by atoms with E-state index >= 15 is 0 Å². The molecule has 0 heterocycles. The van der Waals surface area contributed by atoms with Crippen molar-refractivity contribution >= 4 is 17.8 Å². The number of nitrogens with zero attached hydrogens (tertiary/aromatic N) is 1. The van der Waals surface area contributed by atoms with Gasteiger partial charge in [0.05, 0.1) is 0 Å². The van der Waals surface area contributed by atoms with Gasteiger partial charge in [-0.3, -0.25) is 9.59 Å². The van der Waals surface area contributed by atoms with Crippen LogP contribution in [0.2, 0.25) is 0 Å². The number of amides is 2. The summed E-state index contributed by atoms with van der Waals surface area (Å²) >= 11 is 0. The summed E-state index contributed by atoms with van der Waals surface area (Å²) in [5, 5.41) is 12.2. The fourth-order valence-electron chi connectivity index (χ4n) is 3.57. The summed E-state index contributed by atoms with van der Waals surface area (Å²) in [4.78, 5) is 37.6. The topological polar surface area (TPSA) is 86.7 Å². The van der Waals surface area contributed by atoms with Crippen molar-refractivity contribution in [2.24, 2.45) is 5.92 Å². The standard InChI is InChI=1S/C20H26N2O4/c1-13(20(25)26)22(17-10-11-17)19(24)16-8-6-14(7-9-16)12-21-18(23)15-4-2-3-5-15/h6-9,13,15,17H,2-5,10-12H2,1H3,(H,21,23)(H,25,26). The van der Waals surface area contributed by atoms with E-state index in [2.05, 4.69) is 5.32 Å². The molecule has 0 saturated heterocycles. The minimum atomic E-state index is -0.989. The summed E-state index contributed by atoms with van der Waals surface area (Å²) in [6, 6.07) is 6.25. The first-order valence-electron chi connectivity index (χ1n) is 9.39. The molecule has 0 aromatic heterocycles. The third kappa shape index (κ3) is 4.23. The second-order valence-corrected chi connectivity index (χ2v) is 7.35. The average molecular weight is 358 g/mol. The molecule has 6 nitrogen and oxygen atoms in total. The molecule has 1 atom stereocenters. The van der Waals surface area contributed by atoms with Gasteiger partial charge in [0, 0.05) is 24.1 Å². The van der Waals surface area contributed by atoms with Gasteiger partial charge in [-0.15, -0.1) is 0 Å². The Balaban J connectivity index is 1.60. The maximum Gasteiger partial charge on any atom is 0.326 e. The maximum atomic E-state index is 12.7. The molecule has 6 heteroatoms. The minimum absolute atomic E-state index is 0.0268. The summed E-state index contributed by atoms with van der Waals surface area (Å²) in [5.41, 5.74) is 1.41. The summed E-state index contributed by atoms with van der Waals surface area (Å²) in [7, 11) is 0. The molecule has 2 N–H and O–H groups in total. The number of carboxylic acids is 1. The van der Waals surface area contributed by atoms with Gasteiger partial charge < -0.3 is 15.3 Å². The summed E-state index contributed by atoms with van der Waals surface area (Å²) in [6.07, 6.45) is 5.90. The fourth-order valence-corrected chi connectivity index (χ4v) is 3.57. The molecule has 26 heavy (non-hydrogen) atoms. The van der Waals surface area contributed by atoms with E-state index < -0.39 is 12.0 Å². The second kappa shape index (κ2) is 7.89. The second-order valence-electron chi connectivity index (χ2n) is 7.35. The van der Waals surface area contributed by atoms with E-state index in [0.29, 0.717) is 12.1 Å². The first kappa shape index (κ1) is 18.4. The van der Waals surface area contributed by atoms with Gasteiger partial charge in [-0.2, -0.15) is 0 Å². The molecule has 2 fully saturated rings. The van der Waals surface area contributed by atoms with Crippen LogP contribution in [0.15, 0.2) is 24.3 Å². The van der Waals surface area contributed by atoms with Crippen molar-refractivity contribution in [3.8, 4) is 0 Å². The normalized spacial score (nSPS) is 18.3. The molecule has 140 valence electrons. The van der Waals surface area contributed by atoms with Gasteiger partial charge in [0.15, 0.2) is 0 Å². The number of aliphatic carboxylic acids is 1.